The fraction of sp³-hybridized carbons (Fsp3) is 0.294. The van der Waals surface area contributed by atoms with E-state index < -0.39 is 0 Å². The number of carbonyl (C=O) groups is 1. The third-order valence-electron chi connectivity index (χ3n) is 3.85. The third-order valence-corrected chi connectivity index (χ3v) is 3.85. The number of rotatable bonds is 3. The molecule has 5 heteroatoms. The number of hydrogen-bond acceptors (Lipinski definition) is 3. The Balaban J connectivity index is 1.63. The van der Waals surface area contributed by atoms with Gasteiger partial charge in [-0.2, -0.15) is 0 Å². The minimum absolute atomic E-state index is 0.0373. The molecule has 1 N–H and O–H groups in total. The van der Waals surface area contributed by atoms with Crippen LogP contribution in [-0.2, 0) is 19.6 Å². The molecule has 0 saturated carbocycles. The van der Waals surface area contributed by atoms with Gasteiger partial charge < -0.3 is 15.1 Å². The third kappa shape index (κ3) is 2.88. The highest BCUT2D eigenvalue weighted by Crippen LogP contribution is 2.22. The number of fused-ring (bicyclic) bond motifs is 1. The molecule has 2 heterocycles. The van der Waals surface area contributed by atoms with Crippen LogP contribution in [0.5, 0.6) is 0 Å². The lowest BCUT2D eigenvalue weighted by Gasteiger charge is -2.19. The summed E-state index contributed by atoms with van der Waals surface area (Å²) in [6, 6.07) is 12.0. The van der Waals surface area contributed by atoms with Gasteiger partial charge in [0.25, 0.3) is 0 Å². The monoisotopic (exact) mass is 296 g/mol. The molecule has 0 aliphatic carbocycles. The summed E-state index contributed by atoms with van der Waals surface area (Å²) in [7, 11) is 3.90. The summed E-state index contributed by atoms with van der Waals surface area (Å²) in [5.74, 6) is 0.882. The lowest BCUT2D eigenvalue weighted by Crippen LogP contribution is -2.36. The number of pyridine rings is 1. The number of benzene rings is 1. The van der Waals surface area contributed by atoms with Crippen LogP contribution in [0.25, 0.3) is 0 Å². The number of amides is 2. The molecule has 0 unspecified atom stereocenters. The van der Waals surface area contributed by atoms with E-state index in [0.29, 0.717) is 19.6 Å². The van der Waals surface area contributed by atoms with Gasteiger partial charge in [-0.05, 0) is 17.2 Å². The maximum Gasteiger partial charge on any atom is 0.318 e. The number of hydrogen-bond donors (Lipinski definition) is 1. The van der Waals surface area contributed by atoms with Crippen LogP contribution in [0.15, 0.2) is 42.6 Å². The van der Waals surface area contributed by atoms with Crippen molar-refractivity contribution < 1.29 is 4.79 Å². The summed E-state index contributed by atoms with van der Waals surface area (Å²) in [4.78, 5) is 20.5. The molecule has 3 rings (SSSR count). The van der Waals surface area contributed by atoms with E-state index in [2.05, 4.69) is 22.4 Å². The fourth-order valence-electron chi connectivity index (χ4n) is 2.73. The Bertz CT molecular complexity index is 659. The summed E-state index contributed by atoms with van der Waals surface area (Å²) in [5, 5.41) is 2.99. The molecule has 114 valence electrons. The fourth-order valence-corrected chi connectivity index (χ4v) is 2.73. The summed E-state index contributed by atoms with van der Waals surface area (Å²) in [6.45, 7) is 1.83. The van der Waals surface area contributed by atoms with Gasteiger partial charge in [0, 0.05) is 45.5 Å². The van der Waals surface area contributed by atoms with Gasteiger partial charge in [-0.3, -0.25) is 0 Å². The first kappa shape index (κ1) is 14.4. The van der Waals surface area contributed by atoms with E-state index in [-0.39, 0.29) is 6.03 Å². The van der Waals surface area contributed by atoms with E-state index >= 15 is 0 Å². The second-order valence-corrected chi connectivity index (χ2v) is 5.66. The summed E-state index contributed by atoms with van der Waals surface area (Å²) in [5.41, 5.74) is 3.47. The molecule has 1 aliphatic heterocycles. The molecule has 0 spiro atoms. The molecule has 1 aromatic carbocycles. The van der Waals surface area contributed by atoms with Crippen molar-refractivity contribution >= 4 is 11.8 Å². The van der Waals surface area contributed by atoms with Gasteiger partial charge in [0.1, 0.15) is 5.82 Å². The maximum atomic E-state index is 12.3. The van der Waals surface area contributed by atoms with Crippen LogP contribution in [0.2, 0.25) is 0 Å². The second-order valence-electron chi connectivity index (χ2n) is 5.66. The first-order chi connectivity index (χ1) is 10.6. The van der Waals surface area contributed by atoms with E-state index in [0.717, 1.165) is 11.4 Å². The Morgan fingerprint density at radius 3 is 2.50 bits per heavy atom. The summed E-state index contributed by atoms with van der Waals surface area (Å²) < 4.78 is 0. The number of anilines is 1. The average Bonchev–Trinajstić information content (AvgIpc) is 2.97. The zero-order valence-electron chi connectivity index (χ0n) is 12.9. The van der Waals surface area contributed by atoms with Crippen molar-refractivity contribution in [3.63, 3.8) is 0 Å². The Kier molecular flexibility index (Phi) is 3.96. The van der Waals surface area contributed by atoms with Crippen molar-refractivity contribution in [2.45, 2.75) is 19.6 Å². The lowest BCUT2D eigenvalue weighted by molar-refractivity contribution is 0.198. The second kappa shape index (κ2) is 6.05. The van der Waals surface area contributed by atoms with Crippen LogP contribution in [0.1, 0.15) is 16.7 Å². The first-order valence-electron chi connectivity index (χ1n) is 7.36. The van der Waals surface area contributed by atoms with Gasteiger partial charge >= 0.3 is 6.03 Å². The molecule has 0 saturated heterocycles. The van der Waals surface area contributed by atoms with Gasteiger partial charge in [-0.1, -0.05) is 30.3 Å². The molecule has 0 fully saturated rings. The average molecular weight is 296 g/mol. The number of urea groups is 1. The number of aromatic nitrogens is 1. The molecule has 1 aliphatic rings. The Morgan fingerprint density at radius 2 is 1.86 bits per heavy atom. The van der Waals surface area contributed by atoms with Crippen molar-refractivity contribution in [1.82, 2.24) is 15.2 Å². The van der Waals surface area contributed by atoms with E-state index in [4.69, 9.17) is 0 Å². The molecule has 2 amide bonds. The molecule has 0 bridgehead atoms. The van der Waals surface area contributed by atoms with Gasteiger partial charge in [0.05, 0.1) is 0 Å². The summed E-state index contributed by atoms with van der Waals surface area (Å²) in [6.07, 6.45) is 1.76. The number of carbonyl (C=O) groups excluding carboxylic acids is 1. The van der Waals surface area contributed by atoms with Gasteiger partial charge in [0.2, 0.25) is 0 Å². The van der Waals surface area contributed by atoms with E-state index in [9.17, 15) is 4.79 Å². The van der Waals surface area contributed by atoms with Crippen molar-refractivity contribution in [2.75, 3.05) is 19.0 Å². The predicted molar refractivity (Wildman–Crippen MR) is 86.5 cm³/mol. The number of nitrogens with one attached hydrogen (secondary N) is 1. The molecule has 22 heavy (non-hydrogen) atoms. The van der Waals surface area contributed by atoms with Crippen LogP contribution in [0.4, 0.5) is 10.6 Å². The molecular formula is C17H20N4O. The van der Waals surface area contributed by atoms with Crippen molar-refractivity contribution in [1.29, 1.82) is 0 Å². The Hall–Kier alpha value is -2.56. The van der Waals surface area contributed by atoms with E-state index in [1.165, 1.54) is 11.1 Å². The Labute approximate surface area is 130 Å². The van der Waals surface area contributed by atoms with Crippen LogP contribution < -0.4 is 10.2 Å². The molecule has 0 radical (unpaired) electrons. The van der Waals surface area contributed by atoms with Gasteiger partial charge in [-0.15, -0.1) is 0 Å². The van der Waals surface area contributed by atoms with Crippen LogP contribution in [-0.4, -0.2) is 30.0 Å². The maximum absolute atomic E-state index is 12.3. The van der Waals surface area contributed by atoms with Gasteiger partial charge in [0.15, 0.2) is 0 Å². The molecule has 5 nitrogen and oxygen atoms in total. The number of nitrogens with zero attached hydrogens (tertiary/aromatic N) is 3. The van der Waals surface area contributed by atoms with E-state index in [1.807, 2.05) is 48.2 Å². The zero-order chi connectivity index (χ0) is 15.5. The largest absolute Gasteiger partial charge is 0.362 e. The van der Waals surface area contributed by atoms with E-state index in [1.54, 1.807) is 6.20 Å². The van der Waals surface area contributed by atoms with Crippen molar-refractivity contribution in [3.8, 4) is 0 Å². The van der Waals surface area contributed by atoms with Crippen molar-refractivity contribution in [2.24, 2.45) is 0 Å². The first-order valence-corrected chi connectivity index (χ1v) is 7.36. The highest BCUT2D eigenvalue weighted by molar-refractivity contribution is 5.75. The van der Waals surface area contributed by atoms with Gasteiger partial charge in [-0.25, -0.2) is 9.78 Å². The highest BCUT2D eigenvalue weighted by Gasteiger charge is 2.22. The van der Waals surface area contributed by atoms with Crippen molar-refractivity contribution in [3.05, 3.63) is 59.3 Å². The molecular weight excluding hydrogens is 276 g/mol. The standard InChI is InChI=1S/C17H20N4O/c1-20(2)16-13(8-5-9-18-16)10-19-17(22)21-11-14-6-3-4-7-15(14)12-21/h3-9H,10-12H2,1-2H3,(H,19,22). The predicted octanol–water partition coefficient (Wildman–Crippen LogP) is 2.37. The topological polar surface area (TPSA) is 48.5 Å². The SMILES string of the molecule is CN(C)c1ncccc1CNC(=O)N1Cc2ccccc2C1. The molecule has 1 aromatic heterocycles. The highest BCUT2D eigenvalue weighted by atomic mass is 16.2. The molecule has 2 aromatic rings. The van der Waals surface area contributed by atoms with Crippen LogP contribution >= 0.6 is 0 Å². The molecule has 0 atom stereocenters. The normalized spacial score (nSPS) is 12.9. The minimum atomic E-state index is -0.0373. The smallest absolute Gasteiger partial charge is 0.318 e. The summed E-state index contributed by atoms with van der Waals surface area (Å²) >= 11 is 0. The van der Waals surface area contributed by atoms with Crippen LogP contribution in [0, 0.1) is 0 Å². The minimum Gasteiger partial charge on any atom is -0.362 e. The zero-order valence-corrected chi connectivity index (χ0v) is 12.9. The lowest BCUT2D eigenvalue weighted by atomic mass is 10.1. The quantitative estimate of drug-likeness (QED) is 0.946. The van der Waals surface area contributed by atoms with Crippen LogP contribution in [0.3, 0.4) is 0 Å². The Morgan fingerprint density at radius 1 is 1.18 bits per heavy atom.